The number of nitro benzene ring substituents is 1. The van der Waals surface area contributed by atoms with Crippen molar-refractivity contribution in [2.45, 2.75) is 31.8 Å². The first-order chi connectivity index (χ1) is 10.0. The number of halogens is 1. The van der Waals surface area contributed by atoms with Crippen molar-refractivity contribution in [3.8, 4) is 5.75 Å². The van der Waals surface area contributed by atoms with E-state index in [0.29, 0.717) is 0 Å². The summed E-state index contributed by atoms with van der Waals surface area (Å²) < 4.78 is 4.93. The fourth-order valence-corrected chi connectivity index (χ4v) is 2.47. The largest absolute Gasteiger partial charge is 0.490 e. The molecule has 1 aliphatic heterocycles. The topological polar surface area (TPSA) is 93.5 Å². The molecule has 1 amide bonds. The molecule has 1 heterocycles. The lowest BCUT2D eigenvalue weighted by atomic mass is 9.99. The maximum absolute atomic E-state index is 12.2. The predicted octanol–water partition coefficient (Wildman–Crippen LogP) is 1.90. The number of ether oxygens (including phenoxy) is 1. The summed E-state index contributed by atoms with van der Waals surface area (Å²) in [5, 5.41) is 17.2. The van der Waals surface area contributed by atoms with E-state index in [0.717, 1.165) is 19.4 Å². The Balaban J connectivity index is 0.00000242. The van der Waals surface area contributed by atoms with Crippen LogP contribution >= 0.6 is 12.4 Å². The van der Waals surface area contributed by atoms with E-state index in [-0.39, 0.29) is 47.4 Å². The Hall–Kier alpha value is -1.86. The molecule has 122 valence electrons. The average Bonchev–Trinajstić information content (AvgIpc) is 2.48. The Morgan fingerprint density at radius 3 is 2.82 bits per heavy atom. The van der Waals surface area contributed by atoms with E-state index in [1.165, 1.54) is 25.3 Å². The quantitative estimate of drug-likeness (QED) is 0.650. The monoisotopic (exact) mass is 329 g/mol. The number of rotatable bonds is 4. The van der Waals surface area contributed by atoms with Gasteiger partial charge in [-0.25, -0.2) is 0 Å². The van der Waals surface area contributed by atoms with Gasteiger partial charge < -0.3 is 15.4 Å². The number of amides is 1. The van der Waals surface area contributed by atoms with Crippen molar-refractivity contribution >= 4 is 24.0 Å². The van der Waals surface area contributed by atoms with Gasteiger partial charge in [-0.2, -0.15) is 0 Å². The predicted molar refractivity (Wildman–Crippen MR) is 84.8 cm³/mol. The lowest BCUT2D eigenvalue weighted by Crippen LogP contribution is -2.51. The third-order valence-corrected chi connectivity index (χ3v) is 3.72. The molecule has 2 rings (SSSR count). The molecule has 2 N–H and O–H groups in total. The first kappa shape index (κ1) is 18.2. The minimum atomic E-state index is -0.555. The van der Waals surface area contributed by atoms with E-state index in [1.807, 2.05) is 6.92 Å². The van der Waals surface area contributed by atoms with Gasteiger partial charge in [0, 0.05) is 23.7 Å². The molecule has 1 aromatic carbocycles. The smallest absolute Gasteiger partial charge is 0.311 e. The van der Waals surface area contributed by atoms with Gasteiger partial charge in [0.05, 0.1) is 12.0 Å². The van der Waals surface area contributed by atoms with Crippen molar-refractivity contribution in [3.63, 3.8) is 0 Å². The third kappa shape index (κ3) is 4.08. The number of methoxy groups -OCH3 is 1. The third-order valence-electron chi connectivity index (χ3n) is 3.72. The summed E-state index contributed by atoms with van der Waals surface area (Å²) in [6, 6.07) is 4.44. The minimum Gasteiger partial charge on any atom is -0.490 e. The summed E-state index contributed by atoms with van der Waals surface area (Å²) in [7, 11) is 1.36. The average molecular weight is 330 g/mol. The number of carbonyl (C=O) groups is 1. The second kappa shape index (κ2) is 7.95. The lowest BCUT2D eigenvalue weighted by molar-refractivity contribution is -0.385. The van der Waals surface area contributed by atoms with E-state index in [9.17, 15) is 14.9 Å². The van der Waals surface area contributed by atoms with E-state index in [1.54, 1.807) is 0 Å². The van der Waals surface area contributed by atoms with Crippen LogP contribution in [0, 0.1) is 10.1 Å². The molecular formula is C14H20ClN3O4. The van der Waals surface area contributed by atoms with Gasteiger partial charge in [0.2, 0.25) is 0 Å². The van der Waals surface area contributed by atoms with Crippen LogP contribution in [0.5, 0.6) is 5.75 Å². The van der Waals surface area contributed by atoms with Crippen LogP contribution in [0.15, 0.2) is 18.2 Å². The van der Waals surface area contributed by atoms with E-state index in [2.05, 4.69) is 10.6 Å². The highest BCUT2D eigenvalue weighted by Gasteiger charge is 2.24. The molecule has 1 aromatic rings. The molecule has 0 radical (unpaired) electrons. The molecule has 8 heteroatoms. The maximum Gasteiger partial charge on any atom is 0.311 e. The van der Waals surface area contributed by atoms with Crippen LogP contribution in [-0.4, -0.2) is 36.6 Å². The summed E-state index contributed by atoms with van der Waals surface area (Å²) >= 11 is 0. The van der Waals surface area contributed by atoms with Crippen LogP contribution in [0.4, 0.5) is 5.69 Å². The van der Waals surface area contributed by atoms with Gasteiger partial charge in [0.1, 0.15) is 0 Å². The summed E-state index contributed by atoms with van der Waals surface area (Å²) in [6.45, 7) is 2.96. The first-order valence-corrected chi connectivity index (χ1v) is 6.89. The number of nitro groups is 1. The Kier molecular flexibility index (Phi) is 6.58. The number of nitrogens with zero attached hydrogens (tertiary/aromatic N) is 1. The van der Waals surface area contributed by atoms with Gasteiger partial charge in [0.25, 0.3) is 5.91 Å². The fourth-order valence-electron chi connectivity index (χ4n) is 2.47. The van der Waals surface area contributed by atoms with Gasteiger partial charge in [-0.1, -0.05) is 0 Å². The molecule has 0 bridgehead atoms. The van der Waals surface area contributed by atoms with Crippen molar-refractivity contribution in [3.05, 3.63) is 33.9 Å². The Labute approximate surface area is 135 Å². The fraction of sp³-hybridized carbons (Fsp3) is 0.500. The number of piperidine rings is 1. The molecule has 7 nitrogen and oxygen atoms in total. The van der Waals surface area contributed by atoms with Crippen molar-refractivity contribution in [1.82, 2.24) is 10.6 Å². The molecule has 1 saturated heterocycles. The van der Waals surface area contributed by atoms with Gasteiger partial charge in [-0.3, -0.25) is 14.9 Å². The van der Waals surface area contributed by atoms with Crippen molar-refractivity contribution in [2.75, 3.05) is 13.7 Å². The first-order valence-electron chi connectivity index (χ1n) is 6.89. The molecule has 0 aliphatic carbocycles. The van der Waals surface area contributed by atoms with Crippen molar-refractivity contribution in [2.24, 2.45) is 0 Å². The zero-order valence-corrected chi connectivity index (χ0v) is 13.3. The zero-order valence-electron chi connectivity index (χ0n) is 12.5. The Bertz CT molecular complexity index is 553. The second-order valence-corrected chi connectivity index (χ2v) is 5.11. The standard InChI is InChI=1S/C14H19N3O4.ClH/c1-9-11(4-3-7-15-9)16-14(18)10-5-6-13(21-2)12(8-10)17(19)20;/h5-6,8-9,11,15H,3-4,7H2,1-2H3,(H,16,18);1H. The van der Waals surface area contributed by atoms with E-state index >= 15 is 0 Å². The van der Waals surface area contributed by atoms with E-state index < -0.39 is 4.92 Å². The number of carbonyl (C=O) groups excluding carboxylic acids is 1. The number of benzene rings is 1. The summed E-state index contributed by atoms with van der Waals surface area (Å²) in [5.74, 6) is -0.162. The van der Waals surface area contributed by atoms with Gasteiger partial charge in [0.15, 0.2) is 5.75 Å². The highest BCUT2D eigenvalue weighted by atomic mass is 35.5. The summed E-state index contributed by atoms with van der Waals surface area (Å²) in [4.78, 5) is 22.7. The van der Waals surface area contributed by atoms with Crippen molar-refractivity contribution in [1.29, 1.82) is 0 Å². The number of hydrogen-bond acceptors (Lipinski definition) is 5. The number of hydrogen-bond donors (Lipinski definition) is 2. The van der Waals surface area contributed by atoms with Crippen LogP contribution < -0.4 is 15.4 Å². The minimum absolute atomic E-state index is 0. The summed E-state index contributed by atoms with van der Waals surface area (Å²) in [5.41, 5.74) is 0.0558. The van der Waals surface area contributed by atoms with Crippen LogP contribution in [0.3, 0.4) is 0 Å². The molecule has 0 spiro atoms. The van der Waals surface area contributed by atoms with Crippen LogP contribution in [0.1, 0.15) is 30.1 Å². The molecule has 0 saturated carbocycles. The number of nitrogens with one attached hydrogen (secondary N) is 2. The van der Waals surface area contributed by atoms with Gasteiger partial charge >= 0.3 is 5.69 Å². The lowest BCUT2D eigenvalue weighted by Gasteiger charge is -2.30. The van der Waals surface area contributed by atoms with Gasteiger partial charge in [-0.15, -0.1) is 12.4 Å². The Morgan fingerprint density at radius 2 is 2.23 bits per heavy atom. The highest BCUT2D eigenvalue weighted by molar-refractivity contribution is 5.95. The second-order valence-electron chi connectivity index (χ2n) is 5.11. The highest BCUT2D eigenvalue weighted by Crippen LogP contribution is 2.27. The van der Waals surface area contributed by atoms with Gasteiger partial charge in [-0.05, 0) is 38.4 Å². The van der Waals surface area contributed by atoms with Crippen LogP contribution in [-0.2, 0) is 0 Å². The van der Waals surface area contributed by atoms with E-state index in [4.69, 9.17) is 4.74 Å². The molecule has 1 fully saturated rings. The SMILES string of the molecule is COc1ccc(C(=O)NC2CCCNC2C)cc1[N+](=O)[O-].Cl. The molecule has 2 unspecified atom stereocenters. The Morgan fingerprint density at radius 1 is 1.50 bits per heavy atom. The van der Waals surface area contributed by atoms with Crippen LogP contribution in [0.2, 0.25) is 0 Å². The molecule has 2 atom stereocenters. The van der Waals surface area contributed by atoms with Crippen LogP contribution in [0.25, 0.3) is 0 Å². The summed E-state index contributed by atoms with van der Waals surface area (Å²) in [6.07, 6.45) is 1.90. The van der Waals surface area contributed by atoms with Crippen molar-refractivity contribution < 1.29 is 14.5 Å². The normalized spacial score (nSPS) is 20.6. The molecule has 22 heavy (non-hydrogen) atoms. The maximum atomic E-state index is 12.2. The molecule has 1 aliphatic rings. The molecule has 0 aromatic heterocycles. The molecular weight excluding hydrogens is 310 g/mol. The zero-order chi connectivity index (χ0) is 15.4.